The van der Waals surface area contributed by atoms with E-state index in [1.54, 1.807) is 6.07 Å². The first-order chi connectivity index (χ1) is 12.1. The van der Waals surface area contributed by atoms with Crippen molar-refractivity contribution in [2.75, 3.05) is 27.2 Å². The van der Waals surface area contributed by atoms with E-state index in [9.17, 15) is 4.39 Å². The number of rotatable bonds is 4. The number of nitrogens with zero attached hydrogens (tertiary/aromatic N) is 2. The molecule has 26 heavy (non-hydrogen) atoms. The van der Waals surface area contributed by atoms with Crippen molar-refractivity contribution >= 4 is 12.6 Å². The van der Waals surface area contributed by atoms with Gasteiger partial charge in [0.15, 0.2) is 0 Å². The lowest BCUT2D eigenvalue weighted by Gasteiger charge is -2.35. The van der Waals surface area contributed by atoms with Crippen LogP contribution in [0.5, 0.6) is 0 Å². The molecule has 3 rings (SSSR count). The highest BCUT2D eigenvalue weighted by Crippen LogP contribution is 2.36. The molecule has 2 fully saturated rings. The van der Waals surface area contributed by atoms with Gasteiger partial charge in [-0.05, 0) is 79.3 Å². The SMILES string of the molecule is CN(C)C1CCN(Cc2ccc(B3OC(C)(C)C(C)(C)O3)cc2F)CC1. The highest BCUT2D eigenvalue weighted by atomic mass is 19.1. The summed E-state index contributed by atoms with van der Waals surface area (Å²) in [6, 6.07) is 6.03. The molecule has 0 bridgehead atoms. The van der Waals surface area contributed by atoms with Crippen molar-refractivity contribution < 1.29 is 13.7 Å². The van der Waals surface area contributed by atoms with E-state index in [2.05, 4.69) is 23.9 Å². The molecule has 144 valence electrons. The summed E-state index contributed by atoms with van der Waals surface area (Å²) in [5.74, 6) is -0.174. The second kappa shape index (κ2) is 7.23. The van der Waals surface area contributed by atoms with Gasteiger partial charge < -0.3 is 14.2 Å². The Bertz CT molecular complexity index is 627. The van der Waals surface area contributed by atoms with Crippen molar-refractivity contribution in [1.82, 2.24) is 9.80 Å². The first kappa shape index (κ1) is 19.8. The molecule has 1 aromatic carbocycles. The van der Waals surface area contributed by atoms with Crippen LogP contribution in [-0.4, -0.2) is 61.3 Å². The summed E-state index contributed by atoms with van der Waals surface area (Å²) in [4.78, 5) is 4.63. The van der Waals surface area contributed by atoms with Crippen LogP contribution < -0.4 is 5.46 Å². The molecule has 0 atom stereocenters. The number of benzene rings is 1. The lowest BCUT2D eigenvalue weighted by Crippen LogP contribution is -2.41. The van der Waals surface area contributed by atoms with Gasteiger partial charge in [0.25, 0.3) is 0 Å². The molecule has 1 aromatic rings. The molecule has 0 amide bonds. The number of piperidine rings is 1. The van der Waals surface area contributed by atoms with Crippen LogP contribution in [0.3, 0.4) is 0 Å². The maximum absolute atomic E-state index is 14.7. The first-order valence-corrected chi connectivity index (χ1v) is 9.62. The van der Waals surface area contributed by atoms with Crippen LogP contribution in [0.2, 0.25) is 0 Å². The second-order valence-corrected chi connectivity index (χ2v) is 8.91. The third-order valence-electron chi connectivity index (χ3n) is 6.28. The largest absolute Gasteiger partial charge is 0.494 e. The summed E-state index contributed by atoms with van der Waals surface area (Å²) in [5, 5.41) is 0. The zero-order valence-electron chi connectivity index (χ0n) is 17.0. The van der Waals surface area contributed by atoms with E-state index < -0.39 is 18.3 Å². The van der Waals surface area contributed by atoms with Crippen molar-refractivity contribution in [1.29, 1.82) is 0 Å². The minimum atomic E-state index is -0.514. The van der Waals surface area contributed by atoms with Crippen molar-refractivity contribution in [3.63, 3.8) is 0 Å². The van der Waals surface area contributed by atoms with Gasteiger partial charge in [-0.2, -0.15) is 0 Å². The van der Waals surface area contributed by atoms with Gasteiger partial charge in [-0.1, -0.05) is 12.1 Å². The molecule has 6 heteroatoms. The monoisotopic (exact) mass is 362 g/mol. The van der Waals surface area contributed by atoms with Crippen molar-refractivity contribution in [3.05, 3.63) is 29.6 Å². The van der Waals surface area contributed by atoms with Gasteiger partial charge in [0.1, 0.15) is 5.82 Å². The Hall–Kier alpha value is -0.945. The van der Waals surface area contributed by atoms with E-state index >= 15 is 0 Å². The molecule has 4 nitrogen and oxygen atoms in total. The van der Waals surface area contributed by atoms with Crippen molar-refractivity contribution in [2.45, 2.75) is 64.3 Å². The molecular formula is C20H32BFN2O2. The maximum Gasteiger partial charge on any atom is 0.494 e. The molecule has 0 saturated carbocycles. The Kier molecular flexibility index (Phi) is 5.51. The van der Waals surface area contributed by atoms with Crippen LogP contribution >= 0.6 is 0 Å². The Labute approximate surface area is 157 Å². The average molecular weight is 362 g/mol. The summed E-state index contributed by atoms with van der Waals surface area (Å²) in [5.41, 5.74) is 0.664. The van der Waals surface area contributed by atoms with Gasteiger partial charge in [0.2, 0.25) is 0 Å². The van der Waals surface area contributed by atoms with Crippen LogP contribution in [0.15, 0.2) is 18.2 Å². The van der Waals surface area contributed by atoms with Crippen LogP contribution in [-0.2, 0) is 15.9 Å². The number of likely N-dealkylation sites (tertiary alicyclic amines) is 1. The Morgan fingerprint density at radius 1 is 1.12 bits per heavy atom. The summed E-state index contributed by atoms with van der Waals surface area (Å²) >= 11 is 0. The predicted octanol–water partition coefficient (Wildman–Crippen LogP) is 2.65. The maximum atomic E-state index is 14.7. The fourth-order valence-corrected chi connectivity index (χ4v) is 3.65. The zero-order chi connectivity index (χ0) is 19.1. The normalized spacial score (nSPS) is 23.8. The molecule has 0 aromatic heterocycles. The van der Waals surface area contributed by atoms with Crippen LogP contribution in [0, 0.1) is 5.82 Å². The average Bonchev–Trinajstić information content (AvgIpc) is 2.78. The van der Waals surface area contributed by atoms with E-state index in [1.165, 1.54) is 0 Å². The molecule has 2 saturated heterocycles. The molecule has 0 spiro atoms. The predicted molar refractivity (Wildman–Crippen MR) is 104 cm³/mol. The molecule has 2 aliphatic heterocycles. The smallest absolute Gasteiger partial charge is 0.399 e. The highest BCUT2D eigenvalue weighted by molar-refractivity contribution is 6.62. The summed E-state index contributed by atoms with van der Waals surface area (Å²) in [6.07, 6.45) is 2.28. The van der Waals surface area contributed by atoms with Crippen molar-refractivity contribution in [3.8, 4) is 0 Å². The fourth-order valence-electron chi connectivity index (χ4n) is 3.65. The van der Waals surface area contributed by atoms with Crippen molar-refractivity contribution in [2.24, 2.45) is 0 Å². The molecule has 0 aliphatic carbocycles. The Balaban J connectivity index is 1.64. The van der Waals surface area contributed by atoms with E-state index in [0.29, 0.717) is 12.6 Å². The minimum absolute atomic E-state index is 0.174. The lowest BCUT2D eigenvalue weighted by atomic mass is 9.78. The lowest BCUT2D eigenvalue weighted by molar-refractivity contribution is 0.00578. The fraction of sp³-hybridized carbons (Fsp3) is 0.700. The summed E-state index contributed by atoms with van der Waals surface area (Å²) in [7, 11) is 3.75. The second-order valence-electron chi connectivity index (χ2n) is 8.91. The summed E-state index contributed by atoms with van der Waals surface area (Å²) in [6.45, 7) is 10.7. The third kappa shape index (κ3) is 3.98. The third-order valence-corrected chi connectivity index (χ3v) is 6.28. The standard InChI is InChI=1S/C20H32BFN2O2/c1-19(2)20(3,4)26-21(25-19)16-8-7-15(18(22)13-16)14-24-11-9-17(10-12-24)23(5)6/h7-8,13,17H,9-12,14H2,1-6H3. The van der Waals surface area contributed by atoms with E-state index in [1.807, 2.05) is 39.8 Å². The Morgan fingerprint density at radius 2 is 1.69 bits per heavy atom. The molecule has 0 radical (unpaired) electrons. The minimum Gasteiger partial charge on any atom is -0.399 e. The number of hydrogen-bond donors (Lipinski definition) is 0. The molecule has 2 aliphatic rings. The van der Waals surface area contributed by atoms with E-state index in [-0.39, 0.29) is 5.82 Å². The molecule has 2 heterocycles. The first-order valence-electron chi connectivity index (χ1n) is 9.62. The molecular weight excluding hydrogens is 330 g/mol. The topological polar surface area (TPSA) is 24.9 Å². The van der Waals surface area contributed by atoms with Gasteiger partial charge in [-0.15, -0.1) is 0 Å². The quantitative estimate of drug-likeness (QED) is 0.769. The summed E-state index contributed by atoms with van der Waals surface area (Å²) < 4.78 is 26.8. The molecule has 0 N–H and O–H groups in total. The highest BCUT2D eigenvalue weighted by Gasteiger charge is 2.51. The Morgan fingerprint density at radius 3 is 2.19 bits per heavy atom. The zero-order valence-corrected chi connectivity index (χ0v) is 17.0. The van der Waals surface area contributed by atoms with Gasteiger partial charge in [-0.3, -0.25) is 4.90 Å². The van der Waals surface area contributed by atoms with Crippen LogP contribution in [0.1, 0.15) is 46.1 Å². The van der Waals surface area contributed by atoms with E-state index in [4.69, 9.17) is 9.31 Å². The van der Waals surface area contributed by atoms with Gasteiger partial charge in [0, 0.05) is 18.2 Å². The molecule has 0 unspecified atom stereocenters. The van der Waals surface area contributed by atoms with Gasteiger partial charge in [-0.25, -0.2) is 4.39 Å². The number of hydrogen-bond acceptors (Lipinski definition) is 4. The van der Waals surface area contributed by atoms with Gasteiger partial charge in [0.05, 0.1) is 11.2 Å². The van der Waals surface area contributed by atoms with Crippen LogP contribution in [0.25, 0.3) is 0 Å². The number of halogens is 1. The van der Waals surface area contributed by atoms with E-state index in [0.717, 1.165) is 37.0 Å². The van der Waals surface area contributed by atoms with Crippen LogP contribution in [0.4, 0.5) is 4.39 Å². The van der Waals surface area contributed by atoms with Gasteiger partial charge >= 0.3 is 7.12 Å².